The van der Waals surface area contributed by atoms with E-state index < -0.39 is 52.0 Å². The molecule has 190 valence electrons. The summed E-state index contributed by atoms with van der Waals surface area (Å²) in [7, 11) is 1.16. The van der Waals surface area contributed by atoms with E-state index >= 15 is 0 Å². The van der Waals surface area contributed by atoms with Crippen molar-refractivity contribution in [1.82, 2.24) is 15.7 Å². The number of carbonyl (C=O) groups is 5. The standard InChI is InChI=1S/C22H29N5O8/c1-12(2)18(20(31)24-14-6-8-15(9-7-14)27(33)34)25-19(30)13(3)23-21(32)22(4)16(28)10-11-17(29)26(22)35-5/h6-9,12-13,18H,10-11H2,1-5H3,(H,23,32)(H,24,31)(H,25,30)/t13-,18-,22+/m0/s1. The van der Waals surface area contributed by atoms with E-state index in [1.807, 2.05) is 0 Å². The first-order valence-electron chi connectivity index (χ1n) is 10.9. The van der Waals surface area contributed by atoms with Crippen LogP contribution >= 0.6 is 0 Å². The van der Waals surface area contributed by atoms with Crippen LogP contribution in [-0.2, 0) is 28.8 Å². The average Bonchev–Trinajstić information content (AvgIpc) is 2.80. The summed E-state index contributed by atoms with van der Waals surface area (Å²) in [5.41, 5.74) is -1.78. The van der Waals surface area contributed by atoms with Crippen molar-refractivity contribution in [2.45, 2.75) is 58.2 Å². The van der Waals surface area contributed by atoms with Gasteiger partial charge in [0, 0.05) is 30.7 Å². The van der Waals surface area contributed by atoms with E-state index in [0.29, 0.717) is 10.8 Å². The van der Waals surface area contributed by atoms with Gasteiger partial charge in [-0.2, -0.15) is 5.06 Å². The zero-order valence-electron chi connectivity index (χ0n) is 20.1. The number of piperidine rings is 1. The van der Waals surface area contributed by atoms with Crippen molar-refractivity contribution in [2.24, 2.45) is 5.92 Å². The van der Waals surface area contributed by atoms with Crippen LogP contribution in [0, 0.1) is 16.0 Å². The fraction of sp³-hybridized carbons (Fsp3) is 0.500. The van der Waals surface area contributed by atoms with Gasteiger partial charge < -0.3 is 16.0 Å². The van der Waals surface area contributed by atoms with Crippen LogP contribution in [0.25, 0.3) is 0 Å². The Morgan fingerprint density at radius 2 is 1.66 bits per heavy atom. The Morgan fingerprint density at radius 1 is 1.06 bits per heavy atom. The molecule has 0 bridgehead atoms. The number of hydrogen-bond acceptors (Lipinski definition) is 8. The zero-order valence-corrected chi connectivity index (χ0v) is 20.1. The smallest absolute Gasteiger partial charge is 0.269 e. The molecular weight excluding hydrogens is 462 g/mol. The van der Waals surface area contributed by atoms with Crippen LogP contribution in [0.4, 0.5) is 11.4 Å². The van der Waals surface area contributed by atoms with Crippen LogP contribution in [0.15, 0.2) is 24.3 Å². The fourth-order valence-corrected chi connectivity index (χ4v) is 3.53. The molecule has 0 unspecified atom stereocenters. The third-order valence-corrected chi connectivity index (χ3v) is 5.70. The van der Waals surface area contributed by atoms with Gasteiger partial charge in [0.15, 0.2) is 5.78 Å². The minimum atomic E-state index is -1.94. The summed E-state index contributed by atoms with van der Waals surface area (Å²) in [6.07, 6.45) is -0.229. The van der Waals surface area contributed by atoms with Crippen molar-refractivity contribution < 1.29 is 33.7 Å². The zero-order chi connectivity index (χ0) is 26.5. The van der Waals surface area contributed by atoms with Crippen LogP contribution in [-0.4, -0.2) is 64.1 Å². The second-order valence-corrected chi connectivity index (χ2v) is 8.58. The summed E-state index contributed by atoms with van der Waals surface area (Å²) in [5, 5.41) is 19.0. The molecule has 1 heterocycles. The monoisotopic (exact) mass is 491 g/mol. The van der Waals surface area contributed by atoms with E-state index in [9.17, 15) is 34.1 Å². The van der Waals surface area contributed by atoms with Gasteiger partial charge in [-0.1, -0.05) is 13.8 Å². The first-order chi connectivity index (χ1) is 16.3. The highest BCUT2D eigenvalue weighted by molar-refractivity contribution is 6.15. The first-order valence-corrected chi connectivity index (χ1v) is 10.9. The van der Waals surface area contributed by atoms with Crippen LogP contribution < -0.4 is 16.0 Å². The molecule has 35 heavy (non-hydrogen) atoms. The number of non-ortho nitro benzene ring substituents is 1. The molecule has 4 amide bonds. The van der Waals surface area contributed by atoms with E-state index in [4.69, 9.17) is 4.84 Å². The van der Waals surface area contributed by atoms with Crippen LogP contribution in [0.1, 0.15) is 40.5 Å². The Hall–Kier alpha value is -3.87. The van der Waals surface area contributed by atoms with Gasteiger partial charge in [-0.25, -0.2) is 0 Å². The van der Waals surface area contributed by atoms with Gasteiger partial charge in [0.2, 0.25) is 23.3 Å². The van der Waals surface area contributed by atoms with Crippen molar-refractivity contribution in [3.63, 3.8) is 0 Å². The molecule has 1 aliphatic rings. The number of anilines is 1. The maximum atomic E-state index is 12.9. The number of nitro groups is 1. The maximum Gasteiger partial charge on any atom is 0.269 e. The number of nitrogens with zero attached hydrogens (tertiary/aromatic N) is 2. The van der Waals surface area contributed by atoms with Crippen molar-refractivity contribution in [2.75, 3.05) is 12.4 Å². The van der Waals surface area contributed by atoms with Crippen molar-refractivity contribution in [3.8, 4) is 0 Å². The Kier molecular flexibility index (Phi) is 8.63. The van der Waals surface area contributed by atoms with E-state index in [-0.39, 0.29) is 24.4 Å². The Labute approximate surface area is 201 Å². The quantitative estimate of drug-likeness (QED) is 0.257. The van der Waals surface area contributed by atoms with Gasteiger partial charge >= 0.3 is 0 Å². The number of nitro benzene ring substituents is 1. The number of benzene rings is 1. The molecule has 2 rings (SSSR count). The third kappa shape index (κ3) is 5.98. The highest BCUT2D eigenvalue weighted by Gasteiger charge is 2.52. The molecule has 1 saturated heterocycles. The lowest BCUT2D eigenvalue weighted by molar-refractivity contribution is -0.384. The maximum absolute atomic E-state index is 12.9. The Balaban J connectivity index is 2.08. The minimum absolute atomic E-state index is 0.0917. The number of ketones is 1. The molecule has 3 atom stereocenters. The average molecular weight is 492 g/mol. The minimum Gasteiger partial charge on any atom is -0.342 e. The number of hydrogen-bond donors (Lipinski definition) is 3. The lowest BCUT2D eigenvalue weighted by Gasteiger charge is -2.40. The molecule has 0 aliphatic carbocycles. The summed E-state index contributed by atoms with van der Waals surface area (Å²) < 4.78 is 0. The Morgan fingerprint density at radius 3 is 2.17 bits per heavy atom. The fourth-order valence-electron chi connectivity index (χ4n) is 3.53. The summed E-state index contributed by atoms with van der Waals surface area (Å²) in [6, 6.07) is 3.04. The van der Waals surface area contributed by atoms with E-state index in [2.05, 4.69) is 16.0 Å². The summed E-state index contributed by atoms with van der Waals surface area (Å²) in [6.45, 7) is 6.01. The van der Waals surface area contributed by atoms with E-state index in [1.165, 1.54) is 38.1 Å². The number of rotatable bonds is 9. The van der Waals surface area contributed by atoms with Crippen molar-refractivity contribution >= 4 is 40.8 Å². The summed E-state index contributed by atoms with van der Waals surface area (Å²) in [5.74, 6) is -3.57. The van der Waals surface area contributed by atoms with E-state index in [0.717, 1.165) is 7.11 Å². The molecule has 3 N–H and O–H groups in total. The predicted octanol–water partition coefficient (Wildman–Crippen LogP) is 0.690. The van der Waals surface area contributed by atoms with Crippen LogP contribution in [0.5, 0.6) is 0 Å². The highest BCUT2D eigenvalue weighted by Crippen LogP contribution is 2.26. The van der Waals surface area contributed by atoms with Gasteiger partial charge in [0.1, 0.15) is 12.1 Å². The van der Waals surface area contributed by atoms with Crippen LogP contribution in [0.3, 0.4) is 0 Å². The topological polar surface area (TPSA) is 177 Å². The molecule has 1 fully saturated rings. The van der Waals surface area contributed by atoms with Crippen LogP contribution in [0.2, 0.25) is 0 Å². The largest absolute Gasteiger partial charge is 0.342 e. The molecule has 1 aromatic carbocycles. The number of amides is 4. The third-order valence-electron chi connectivity index (χ3n) is 5.70. The van der Waals surface area contributed by atoms with Gasteiger partial charge in [-0.15, -0.1) is 0 Å². The molecule has 1 aromatic rings. The van der Waals surface area contributed by atoms with Crippen molar-refractivity contribution in [1.29, 1.82) is 0 Å². The second-order valence-electron chi connectivity index (χ2n) is 8.58. The molecule has 13 nitrogen and oxygen atoms in total. The normalized spacial score (nSPS) is 19.7. The lowest BCUT2D eigenvalue weighted by atomic mass is 9.87. The molecule has 0 saturated carbocycles. The molecule has 13 heteroatoms. The number of hydroxylamine groups is 2. The molecule has 0 radical (unpaired) electrons. The highest BCUT2D eigenvalue weighted by atomic mass is 16.7. The lowest BCUT2D eigenvalue weighted by Crippen LogP contribution is -2.67. The summed E-state index contributed by atoms with van der Waals surface area (Å²) >= 11 is 0. The van der Waals surface area contributed by atoms with Gasteiger partial charge in [-0.05, 0) is 31.9 Å². The number of Topliss-reactive ketones (excluding diaryl/α,β-unsaturated/α-hetero) is 1. The molecule has 0 spiro atoms. The van der Waals surface area contributed by atoms with Crippen molar-refractivity contribution in [3.05, 3.63) is 34.4 Å². The first kappa shape index (κ1) is 27.4. The summed E-state index contributed by atoms with van der Waals surface area (Å²) in [4.78, 5) is 78.2. The van der Waals surface area contributed by atoms with Gasteiger partial charge in [0.25, 0.3) is 11.6 Å². The SMILES string of the molecule is CON1C(=O)CCC(=O)[C@]1(C)C(=O)N[C@@H](C)C(=O)N[C@H](C(=O)Nc1ccc([N+](=O)[O-])cc1)C(C)C. The predicted molar refractivity (Wildman–Crippen MR) is 123 cm³/mol. The molecular formula is C22H29N5O8. The van der Waals surface area contributed by atoms with Gasteiger partial charge in [0.05, 0.1) is 12.0 Å². The molecule has 1 aliphatic heterocycles. The molecule has 0 aromatic heterocycles. The second kappa shape index (κ2) is 11.0. The number of nitrogens with one attached hydrogen (secondary N) is 3. The number of carbonyl (C=O) groups excluding carboxylic acids is 5. The Bertz CT molecular complexity index is 1030. The van der Waals surface area contributed by atoms with E-state index in [1.54, 1.807) is 13.8 Å². The van der Waals surface area contributed by atoms with Gasteiger partial charge in [-0.3, -0.25) is 38.9 Å².